The standard InChI is InChI=1S/C22H29N3O5S/c1-12-18-17(6-7-26)20(27)25(18)21(30-22(28)29)19(12)31-16-9-15(24-11-16)8-13-2-4-14(10-23)5-3-13/h2-5,12,15-18,24,26H,6-11,23H2,1H3,(H,28,29)/t12-,15+,16+,17+,18-/m1/s1. The highest BCUT2D eigenvalue weighted by Crippen LogP contribution is 2.52. The molecular weight excluding hydrogens is 418 g/mol. The summed E-state index contributed by atoms with van der Waals surface area (Å²) in [6, 6.07) is 8.54. The average Bonchev–Trinajstić information content (AvgIpc) is 3.28. The molecule has 0 spiro atoms. The first-order valence-electron chi connectivity index (χ1n) is 10.7. The van der Waals surface area contributed by atoms with Crippen molar-refractivity contribution < 1.29 is 24.5 Å². The van der Waals surface area contributed by atoms with Crippen LogP contribution < -0.4 is 11.1 Å². The summed E-state index contributed by atoms with van der Waals surface area (Å²) in [4.78, 5) is 26.1. The lowest BCUT2D eigenvalue weighted by atomic mass is 9.80. The van der Waals surface area contributed by atoms with Gasteiger partial charge in [-0.15, -0.1) is 11.8 Å². The molecule has 0 bridgehead atoms. The number of benzene rings is 1. The molecule has 2 fully saturated rings. The number of nitrogens with two attached hydrogens (primary N) is 1. The Hall–Kier alpha value is -2.07. The third-order valence-corrected chi connectivity index (χ3v) is 7.95. The predicted octanol–water partition coefficient (Wildman–Crippen LogP) is 1.87. The van der Waals surface area contributed by atoms with Crippen molar-refractivity contribution in [3.05, 3.63) is 46.2 Å². The average molecular weight is 448 g/mol. The first kappa shape index (κ1) is 22.1. The number of hydrogen-bond donors (Lipinski definition) is 4. The molecule has 5 atom stereocenters. The molecule has 0 radical (unpaired) electrons. The number of rotatable bonds is 8. The number of hydrogen-bond acceptors (Lipinski definition) is 7. The maximum atomic E-state index is 12.5. The lowest BCUT2D eigenvalue weighted by Gasteiger charge is -2.44. The molecule has 3 aliphatic rings. The van der Waals surface area contributed by atoms with Crippen molar-refractivity contribution in [1.82, 2.24) is 10.2 Å². The minimum atomic E-state index is -1.41. The Kier molecular flexibility index (Phi) is 6.57. The van der Waals surface area contributed by atoms with Crippen LogP contribution in [0.15, 0.2) is 35.1 Å². The summed E-state index contributed by atoms with van der Waals surface area (Å²) in [6.07, 6.45) is 0.834. The molecule has 0 unspecified atom stereocenters. The number of aliphatic hydroxyl groups is 1. The number of thioether (sulfide) groups is 1. The molecule has 3 heterocycles. The highest BCUT2D eigenvalue weighted by atomic mass is 32.2. The number of carbonyl (C=O) groups excluding carboxylic acids is 1. The van der Waals surface area contributed by atoms with Crippen molar-refractivity contribution in [1.29, 1.82) is 0 Å². The van der Waals surface area contributed by atoms with Crippen molar-refractivity contribution in [3.8, 4) is 0 Å². The molecule has 8 nitrogen and oxygen atoms in total. The monoisotopic (exact) mass is 447 g/mol. The summed E-state index contributed by atoms with van der Waals surface area (Å²) in [5.74, 6) is -0.302. The molecule has 0 aliphatic carbocycles. The number of aliphatic hydroxyl groups excluding tert-OH is 1. The van der Waals surface area contributed by atoms with Crippen LogP contribution in [0.1, 0.15) is 30.9 Å². The largest absolute Gasteiger partial charge is 0.512 e. The van der Waals surface area contributed by atoms with Gasteiger partial charge in [0.15, 0.2) is 0 Å². The Balaban J connectivity index is 1.43. The predicted molar refractivity (Wildman–Crippen MR) is 117 cm³/mol. The summed E-state index contributed by atoms with van der Waals surface area (Å²) >= 11 is 1.62. The molecule has 1 amide bonds. The van der Waals surface area contributed by atoms with E-state index >= 15 is 0 Å². The zero-order valence-corrected chi connectivity index (χ0v) is 18.3. The Labute approximate surface area is 185 Å². The van der Waals surface area contributed by atoms with Crippen LogP contribution in [0, 0.1) is 11.8 Å². The van der Waals surface area contributed by atoms with Crippen molar-refractivity contribution >= 4 is 23.8 Å². The number of ether oxygens (including phenoxy) is 1. The summed E-state index contributed by atoms with van der Waals surface area (Å²) < 4.78 is 5.07. The van der Waals surface area contributed by atoms with E-state index in [0.29, 0.717) is 19.0 Å². The van der Waals surface area contributed by atoms with Crippen LogP contribution in [0.2, 0.25) is 0 Å². The van der Waals surface area contributed by atoms with E-state index in [0.717, 1.165) is 29.9 Å². The molecule has 1 aromatic carbocycles. The normalized spacial score (nSPS) is 29.8. The molecular formula is C22H29N3O5S. The van der Waals surface area contributed by atoms with Crippen LogP contribution in [0.3, 0.4) is 0 Å². The van der Waals surface area contributed by atoms with Gasteiger partial charge in [-0.1, -0.05) is 31.2 Å². The quantitative estimate of drug-likeness (QED) is 0.352. The Bertz CT molecular complexity index is 874. The minimum absolute atomic E-state index is 0.0172. The molecule has 2 saturated heterocycles. The maximum absolute atomic E-state index is 12.5. The summed E-state index contributed by atoms with van der Waals surface area (Å²) in [5, 5.41) is 22.3. The van der Waals surface area contributed by atoms with Crippen LogP contribution in [0.4, 0.5) is 4.79 Å². The third kappa shape index (κ3) is 4.32. The Morgan fingerprint density at radius 1 is 1.32 bits per heavy atom. The van der Waals surface area contributed by atoms with Crippen LogP contribution in [0.5, 0.6) is 0 Å². The van der Waals surface area contributed by atoms with E-state index in [4.69, 9.17) is 10.5 Å². The fraction of sp³-hybridized carbons (Fsp3) is 0.545. The van der Waals surface area contributed by atoms with Crippen LogP contribution in [0.25, 0.3) is 0 Å². The van der Waals surface area contributed by atoms with Gasteiger partial charge in [-0.3, -0.25) is 9.69 Å². The second-order valence-corrected chi connectivity index (χ2v) is 9.79. The number of nitrogens with zero attached hydrogens (tertiary/aromatic N) is 1. The second-order valence-electron chi connectivity index (χ2n) is 8.45. The fourth-order valence-electron chi connectivity index (χ4n) is 4.92. The number of β-lactam (4-membered cyclic amide) rings is 1. The minimum Gasteiger partial charge on any atom is -0.449 e. The molecule has 4 rings (SSSR count). The molecule has 168 valence electrons. The highest BCUT2D eigenvalue weighted by molar-refractivity contribution is 8.03. The molecule has 0 aromatic heterocycles. The van der Waals surface area contributed by atoms with E-state index in [2.05, 4.69) is 29.6 Å². The van der Waals surface area contributed by atoms with Gasteiger partial charge in [0.25, 0.3) is 0 Å². The van der Waals surface area contributed by atoms with Gasteiger partial charge in [0.2, 0.25) is 11.8 Å². The first-order chi connectivity index (χ1) is 14.9. The fourth-order valence-corrected chi connectivity index (χ4v) is 6.38. The Morgan fingerprint density at radius 3 is 2.68 bits per heavy atom. The lowest BCUT2D eigenvalue weighted by molar-refractivity contribution is -0.156. The topological polar surface area (TPSA) is 125 Å². The number of carboxylic acid groups (broad SMARTS) is 1. The number of fused-ring (bicyclic) bond motifs is 1. The van der Waals surface area contributed by atoms with Crippen molar-refractivity contribution in [2.45, 2.75) is 50.1 Å². The molecule has 5 N–H and O–H groups in total. The number of amides is 1. The van der Waals surface area contributed by atoms with Gasteiger partial charge in [0.05, 0.1) is 16.9 Å². The van der Waals surface area contributed by atoms with Gasteiger partial charge >= 0.3 is 6.16 Å². The van der Waals surface area contributed by atoms with Crippen LogP contribution >= 0.6 is 11.8 Å². The SMILES string of the molecule is C[C@H]1C(S[C@@H]2CN[C@@H](Cc3ccc(CN)cc3)C2)=C(OC(=O)O)N2C(=O)[C@@H](CCO)[C@@H]12. The zero-order chi connectivity index (χ0) is 22.1. The van der Waals surface area contributed by atoms with Crippen molar-refractivity contribution in [3.63, 3.8) is 0 Å². The van der Waals surface area contributed by atoms with Gasteiger partial charge < -0.3 is 26.0 Å². The van der Waals surface area contributed by atoms with Crippen molar-refractivity contribution in [2.24, 2.45) is 17.6 Å². The smallest absolute Gasteiger partial charge is 0.449 e. The summed E-state index contributed by atoms with van der Waals surface area (Å²) in [5.41, 5.74) is 8.04. The van der Waals surface area contributed by atoms with E-state index in [1.807, 2.05) is 6.92 Å². The second kappa shape index (κ2) is 9.20. The summed E-state index contributed by atoms with van der Waals surface area (Å²) in [6.45, 7) is 3.29. The van der Waals surface area contributed by atoms with Gasteiger partial charge in [0.1, 0.15) is 0 Å². The number of nitrogens with one attached hydrogen (secondary N) is 1. The maximum Gasteiger partial charge on any atom is 0.512 e. The Morgan fingerprint density at radius 2 is 2.03 bits per heavy atom. The molecule has 0 saturated carbocycles. The van der Waals surface area contributed by atoms with E-state index < -0.39 is 6.16 Å². The first-order valence-corrected chi connectivity index (χ1v) is 11.6. The molecule has 1 aromatic rings. The van der Waals surface area contributed by atoms with E-state index in [1.54, 1.807) is 11.8 Å². The highest BCUT2D eigenvalue weighted by Gasteiger charge is 2.58. The third-order valence-electron chi connectivity index (χ3n) is 6.46. The lowest BCUT2D eigenvalue weighted by Crippen LogP contribution is -2.60. The van der Waals surface area contributed by atoms with Gasteiger partial charge in [0, 0.05) is 36.9 Å². The zero-order valence-electron chi connectivity index (χ0n) is 17.5. The van der Waals surface area contributed by atoms with Gasteiger partial charge in [-0.25, -0.2) is 4.79 Å². The van der Waals surface area contributed by atoms with Crippen LogP contribution in [-0.4, -0.2) is 57.7 Å². The molecule has 3 aliphatic heterocycles. The summed E-state index contributed by atoms with van der Waals surface area (Å²) in [7, 11) is 0. The van der Waals surface area contributed by atoms with E-state index in [1.165, 1.54) is 10.5 Å². The van der Waals surface area contributed by atoms with E-state index in [-0.39, 0.29) is 41.5 Å². The van der Waals surface area contributed by atoms with Gasteiger partial charge in [-0.05, 0) is 30.4 Å². The van der Waals surface area contributed by atoms with Crippen molar-refractivity contribution in [2.75, 3.05) is 13.2 Å². The van der Waals surface area contributed by atoms with Gasteiger partial charge in [-0.2, -0.15) is 0 Å². The molecule has 31 heavy (non-hydrogen) atoms. The van der Waals surface area contributed by atoms with Crippen LogP contribution in [-0.2, 0) is 22.5 Å². The number of carbonyl (C=O) groups is 2. The molecule has 9 heteroatoms. The van der Waals surface area contributed by atoms with E-state index in [9.17, 15) is 19.8 Å².